The van der Waals surface area contributed by atoms with Crippen LogP contribution in [0.25, 0.3) is 0 Å². The van der Waals surface area contributed by atoms with E-state index < -0.39 is 0 Å². The highest BCUT2D eigenvalue weighted by atomic mass is 16.5. The van der Waals surface area contributed by atoms with Gasteiger partial charge in [-0.15, -0.1) is 0 Å². The minimum Gasteiger partial charge on any atom is -0.469 e. The molecule has 74 valence electrons. The van der Waals surface area contributed by atoms with E-state index in [1.165, 1.54) is 45.6 Å². The first-order chi connectivity index (χ1) is 6.33. The molecule has 2 fully saturated rings. The lowest BCUT2D eigenvalue weighted by atomic mass is 9.64. The third-order valence-corrected chi connectivity index (χ3v) is 3.79. The molecule has 0 heterocycles. The zero-order chi connectivity index (χ0) is 9.26. The molecule has 0 aromatic heterocycles. The summed E-state index contributed by atoms with van der Waals surface area (Å²) in [6.07, 6.45) is 7.63. The minimum absolute atomic E-state index is 0.0504. The summed E-state index contributed by atoms with van der Waals surface area (Å²) >= 11 is 0. The number of hydrogen-bond donors (Lipinski definition) is 0. The van der Waals surface area contributed by atoms with E-state index in [2.05, 4.69) is 0 Å². The van der Waals surface area contributed by atoms with E-state index in [1.54, 1.807) is 0 Å². The van der Waals surface area contributed by atoms with E-state index in [9.17, 15) is 4.79 Å². The molecule has 2 heteroatoms. The molecule has 0 amide bonds. The van der Waals surface area contributed by atoms with Crippen LogP contribution >= 0.6 is 0 Å². The van der Waals surface area contributed by atoms with Gasteiger partial charge in [0.25, 0.3) is 0 Å². The Morgan fingerprint density at radius 1 is 1.08 bits per heavy atom. The van der Waals surface area contributed by atoms with Gasteiger partial charge in [-0.1, -0.05) is 12.8 Å². The molecule has 0 saturated heterocycles. The fraction of sp³-hybridized carbons (Fsp3) is 0.909. The highest BCUT2D eigenvalue weighted by Crippen LogP contribution is 2.44. The smallest absolute Gasteiger partial charge is 0.309 e. The van der Waals surface area contributed by atoms with Gasteiger partial charge in [0.2, 0.25) is 0 Å². The summed E-state index contributed by atoms with van der Waals surface area (Å²) in [6.45, 7) is 0. The molecule has 0 radical (unpaired) electrons. The van der Waals surface area contributed by atoms with Crippen LogP contribution in [0.2, 0.25) is 0 Å². The Morgan fingerprint density at radius 2 is 1.54 bits per heavy atom. The summed E-state index contributed by atoms with van der Waals surface area (Å²) in [5.41, 5.74) is 0. The molecule has 0 unspecified atom stereocenters. The molecule has 0 aliphatic heterocycles. The van der Waals surface area contributed by atoms with Gasteiger partial charge in [0.15, 0.2) is 0 Å². The van der Waals surface area contributed by atoms with Crippen LogP contribution in [0.3, 0.4) is 0 Å². The second-order valence-electron chi connectivity index (χ2n) is 4.43. The van der Waals surface area contributed by atoms with Crippen LogP contribution in [0.5, 0.6) is 0 Å². The van der Waals surface area contributed by atoms with Crippen molar-refractivity contribution in [3.8, 4) is 0 Å². The first-order valence-electron chi connectivity index (χ1n) is 5.40. The number of esters is 1. The average Bonchev–Trinajstić information content (AvgIpc) is 2.15. The Bertz CT molecular complexity index is 178. The predicted molar refractivity (Wildman–Crippen MR) is 50.2 cm³/mol. The van der Waals surface area contributed by atoms with E-state index in [1.807, 2.05) is 0 Å². The molecular formula is C11H18O2. The lowest BCUT2D eigenvalue weighted by molar-refractivity contribution is -0.153. The quantitative estimate of drug-likeness (QED) is 0.582. The molecule has 0 aromatic carbocycles. The van der Waals surface area contributed by atoms with Gasteiger partial charge in [-0.05, 0) is 37.5 Å². The molecular weight excluding hydrogens is 164 g/mol. The van der Waals surface area contributed by atoms with Crippen LogP contribution in [0.4, 0.5) is 0 Å². The highest BCUT2D eigenvalue weighted by molar-refractivity contribution is 5.73. The third-order valence-electron chi connectivity index (χ3n) is 3.79. The normalized spacial score (nSPS) is 38.4. The summed E-state index contributed by atoms with van der Waals surface area (Å²) in [4.78, 5) is 11.6. The number of fused-ring (bicyclic) bond motifs is 2. The van der Waals surface area contributed by atoms with Crippen molar-refractivity contribution in [3.05, 3.63) is 0 Å². The summed E-state index contributed by atoms with van der Waals surface area (Å²) in [5.74, 6) is 1.57. The molecule has 0 N–H and O–H groups in total. The maximum absolute atomic E-state index is 11.6. The number of carbonyl (C=O) groups excluding carboxylic acids is 1. The Morgan fingerprint density at radius 3 is 1.92 bits per heavy atom. The number of ether oxygens (including phenoxy) is 1. The van der Waals surface area contributed by atoms with Gasteiger partial charge in [0.1, 0.15) is 0 Å². The molecule has 0 aromatic rings. The Balaban J connectivity index is 2.10. The van der Waals surface area contributed by atoms with Crippen LogP contribution in [0.1, 0.15) is 38.5 Å². The van der Waals surface area contributed by atoms with Crippen molar-refractivity contribution in [1.29, 1.82) is 0 Å². The van der Waals surface area contributed by atoms with E-state index in [4.69, 9.17) is 4.74 Å². The van der Waals surface area contributed by atoms with E-state index in [0.717, 1.165) is 0 Å². The first kappa shape index (κ1) is 9.04. The summed E-state index contributed by atoms with van der Waals surface area (Å²) in [5, 5.41) is 0. The van der Waals surface area contributed by atoms with Crippen molar-refractivity contribution >= 4 is 5.97 Å². The summed E-state index contributed by atoms with van der Waals surface area (Å²) in [7, 11) is 1.52. The molecule has 2 nitrogen and oxygen atoms in total. The summed E-state index contributed by atoms with van der Waals surface area (Å²) in [6, 6.07) is 0. The maximum atomic E-state index is 11.6. The number of methoxy groups -OCH3 is 1. The Labute approximate surface area is 79.7 Å². The SMILES string of the molecule is COC(=O)C1C2CCCC1CCC2. The molecule has 2 bridgehead atoms. The van der Waals surface area contributed by atoms with Gasteiger partial charge in [-0.3, -0.25) is 4.79 Å². The summed E-state index contributed by atoms with van der Waals surface area (Å²) < 4.78 is 4.89. The Kier molecular flexibility index (Phi) is 2.56. The van der Waals surface area contributed by atoms with Gasteiger partial charge in [-0.25, -0.2) is 0 Å². The largest absolute Gasteiger partial charge is 0.469 e. The van der Waals surface area contributed by atoms with Crippen molar-refractivity contribution in [2.45, 2.75) is 38.5 Å². The minimum atomic E-state index is 0.0504. The fourth-order valence-corrected chi connectivity index (χ4v) is 3.20. The van der Waals surface area contributed by atoms with Gasteiger partial charge in [0.05, 0.1) is 13.0 Å². The van der Waals surface area contributed by atoms with Crippen LogP contribution in [-0.4, -0.2) is 13.1 Å². The second kappa shape index (κ2) is 3.69. The van der Waals surface area contributed by atoms with Gasteiger partial charge in [0, 0.05) is 0 Å². The number of hydrogen-bond acceptors (Lipinski definition) is 2. The highest BCUT2D eigenvalue weighted by Gasteiger charge is 2.41. The Hall–Kier alpha value is -0.530. The first-order valence-corrected chi connectivity index (χ1v) is 5.40. The molecule has 2 aliphatic carbocycles. The molecule has 2 saturated carbocycles. The molecule has 13 heavy (non-hydrogen) atoms. The molecule has 2 aliphatic rings. The molecule has 0 atom stereocenters. The van der Waals surface area contributed by atoms with Crippen LogP contribution in [0.15, 0.2) is 0 Å². The van der Waals surface area contributed by atoms with Crippen molar-refractivity contribution in [3.63, 3.8) is 0 Å². The van der Waals surface area contributed by atoms with E-state index in [-0.39, 0.29) is 11.9 Å². The maximum Gasteiger partial charge on any atom is 0.309 e. The van der Waals surface area contributed by atoms with E-state index >= 15 is 0 Å². The van der Waals surface area contributed by atoms with Gasteiger partial charge < -0.3 is 4.74 Å². The third kappa shape index (κ3) is 1.59. The van der Waals surface area contributed by atoms with Crippen LogP contribution < -0.4 is 0 Å². The monoisotopic (exact) mass is 182 g/mol. The van der Waals surface area contributed by atoms with Crippen molar-refractivity contribution in [2.24, 2.45) is 17.8 Å². The zero-order valence-electron chi connectivity index (χ0n) is 8.29. The molecule has 2 rings (SSSR count). The zero-order valence-corrected chi connectivity index (χ0v) is 8.29. The van der Waals surface area contributed by atoms with E-state index in [0.29, 0.717) is 11.8 Å². The van der Waals surface area contributed by atoms with Crippen molar-refractivity contribution < 1.29 is 9.53 Å². The predicted octanol–water partition coefficient (Wildman–Crippen LogP) is 2.38. The standard InChI is InChI=1S/C11H18O2/c1-13-11(12)10-8-4-2-5-9(10)7-3-6-8/h8-10H,2-7H2,1H3. The molecule has 0 spiro atoms. The van der Waals surface area contributed by atoms with Gasteiger partial charge >= 0.3 is 5.97 Å². The number of carbonyl (C=O) groups is 1. The number of rotatable bonds is 1. The second-order valence-corrected chi connectivity index (χ2v) is 4.43. The van der Waals surface area contributed by atoms with Crippen LogP contribution in [0, 0.1) is 17.8 Å². The van der Waals surface area contributed by atoms with Gasteiger partial charge in [-0.2, -0.15) is 0 Å². The topological polar surface area (TPSA) is 26.3 Å². The van der Waals surface area contributed by atoms with Crippen molar-refractivity contribution in [2.75, 3.05) is 7.11 Å². The van der Waals surface area contributed by atoms with Crippen molar-refractivity contribution in [1.82, 2.24) is 0 Å². The average molecular weight is 182 g/mol. The lowest BCUT2D eigenvalue weighted by Crippen LogP contribution is -2.38. The van der Waals surface area contributed by atoms with Crippen LogP contribution in [-0.2, 0) is 9.53 Å². The lowest BCUT2D eigenvalue weighted by Gasteiger charge is -2.40. The fourth-order valence-electron chi connectivity index (χ4n) is 3.20.